The van der Waals surface area contributed by atoms with Crippen molar-refractivity contribution < 1.29 is 19.4 Å². The topological polar surface area (TPSA) is 95.0 Å². The summed E-state index contributed by atoms with van der Waals surface area (Å²) in [7, 11) is 1.76. The van der Waals surface area contributed by atoms with Crippen molar-refractivity contribution in [2.45, 2.75) is 57.7 Å². The lowest BCUT2D eigenvalue weighted by atomic mass is 10.0. The number of halogens is 1. The molecule has 2 N–H and O–H groups in total. The number of carbonyl (C=O) groups excluding carboxylic acids is 2. The summed E-state index contributed by atoms with van der Waals surface area (Å²) in [6, 6.07) is 1.48. The molecule has 8 nitrogen and oxygen atoms in total. The SMILES string of the molecule is C[C@H]1CN([C@@H](C)CO)C(=O)c2cc(Br)cnc2O[C@@H]1CN(C)C(=O)NC1CCCC1. The summed E-state index contributed by atoms with van der Waals surface area (Å²) < 4.78 is 6.84. The van der Waals surface area contributed by atoms with Crippen LogP contribution in [0.5, 0.6) is 5.88 Å². The average Bonchev–Trinajstić information content (AvgIpc) is 3.23. The molecule has 2 aliphatic rings. The average molecular weight is 483 g/mol. The number of urea groups is 1. The van der Waals surface area contributed by atoms with Crippen LogP contribution in [0.2, 0.25) is 0 Å². The van der Waals surface area contributed by atoms with Crippen LogP contribution in [0.3, 0.4) is 0 Å². The molecule has 1 aromatic rings. The first-order valence-corrected chi connectivity index (χ1v) is 11.3. The van der Waals surface area contributed by atoms with Gasteiger partial charge in [-0.05, 0) is 41.8 Å². The number of fused-ring (bicyclic) bond motifs is 1. The van der Waals surface area contributed by atoms with Crippen molar-refractivity contribution >= 4 is 27.9 Å². The van der Waals surface area contributed by atoms with E-state index < -0.39 is 0 Å². The fourth-order valence-electron chi connectivity index (χ4n) is 4.00. The highest BCUT2D eigenvalue weighted by Gasteiger charge is 2.34. The summed E-state index contributed by atoms with van der Waals surface area (Å²) in [6.07, 6.45) is 5.60. The molecule has 1 saturated carbocycles. The van der Waals surface area contributed by atoms with Gasteiger partial charge >= 0.3 is 6.03 Å². The number of nitrogens with zero attached hydrogens (tertiary/aromatic N) is 3. The molecule has 1 aliphatic heterocycles. The predicted octanol–water partition coefficient (Wildman–Crippen LogP) is 2.65. The van der Waals surface area contributed by atoms with Crippen LogP contribution in [-0.2, 0) is 0 Å². The van der Waals surface area contributed by atoms with Crippen molar-refractivity contribution in [2.75, 3.05) is 26.7 Å². The highest BCUT2D eigenvalue weighted by molar-refractivity contribution is 9.10. The normalized spacial score (nSPS) is 23.2. The molecule has 3 amide bonds. The van der Waals surface area contributed by atoms with Gasteiger partial charge in [-0.25, -0.2) is 9.78 Å². The molecule has 1 fully saturated rings. The zero-order chi connectivity index (χ0) is 21.8. The molecule has 3 atom stereocenters. The fraction of sp³-hybridized carbons (Fsp3) is 0.667. The Kier molecular flexibility index (Phi) is 7.57. The molecule has 1 aliphatic carbocycles. The summed E-state index contributed by atoms with van der Waals surface area (Å²) in [5, 5.41) is 12.8. The van der Waals surface area contributed by atoms with E-state index in [-0.39, 0.29) is 48.5 Å². The van der Waals surface area contributed by atoms with Crippen molar-refractivity contribution in [3.8, 4) is 5.88 Å². The van der Waals surface area contributed by atoms with Crippen LogP contribution in [-0.4, -0.2) is 76.8 Å². The van der Waals surface area contributed by atoms with Gasteiger partial charge in [-0.1, -0.05) is 19.8 Å². The van der Waals surface area contributed by atoms with Crippen molar-refractivity contribution in [1.82, 2.24) is 20.1 Å². The fourth-order valence-corrected chi connectivity index (χ4v) is 4.33. The number of carbonyl (C=O) groups is 2. The Morgan fingerprint density at radius 1 is 1.47 bits per heavy atom. The molecule has 0 saturated heterocycles. The van der Waals surface area contributed by atoms with E-state index in [9.17, 15) is 14.7 Å². The first kappa shape index (κ1) is 22.8. The third-order valence-electron chi connectivity index (χ3n) is 5.97. The van der Waals surface area contributed by atoms with Crippen molar-refractivity contribution in [3.05, 3.63) is 22.3 Å². The molecule has 30 heavy (non-hydrogen) atoms. The van der Waals surface area contributed by atoms with E-state index in [0.29, 0.717) is 23.1 Å². The number of aromatic nitrogens is 1. The van der Waals surface area contributed by atoms with Crippen LogP contribution in [0.4, 0.5) is 4.79 Å². The minimum Gasteiger partial charge on any atom is -0.472 e. The standard InChI is InChI=1S/C21H31BrN4O4/c1-13-10-26(14(2)12-27)20(28)17-8-15(22)9-23-19(17)30-18(13)11-25(3)21(29)24-16-6-4-5-7-16/h8-9,13-14,16,18,27H,4-7,10-12H2,1-3H3,(H,24,29)/t13-,14-,18+/m0/s1. The minimum atomic E-state index is -0.349. The summed E-state index contributed by atoms with van der Waals surface area (Å²) in [5.41, 5.74) is 0.347. The molecule has 1 aromatic heterocycles. The number of aliphatic hydroxyl groups excluding tert-OH is 1. The van der Waals surface area contributed by atoms with E-state index in [2.05, 4.69) is 26.2 Å². The van der Waals surface area contributed by atoms with Crippen LogP contribution < -0.4 is 10.1 Å². The van der Waals surface area contributed by atoms with E-state index in [4.69, 9.17) is 4.74 Å². The maximum atomic E-state index is 13.1. The van der Waals surface area contributed by atoms with E-state index in [1.54, 1.807) is 29.1 Å². The van der Waals surface area contributed by atoms with Crippen LogP contribution >= 0.6 is 15.9 Å². The van der Waals surface area contributed by atoms with Gasteiger partial charge < -0.3 is 25.0 Å². The lowest BCUT2D eigenvalue weighted by Gasteiger charge is -2.37. The molecular weight excluding hydrogens is 452 g/mol. The molecule has 0 radical (unpaired) electrons. The molecule has 2 heterocycles. The van der Waals surface area contributed by atoms with Gasteiger partial charge in [0.25, 0.3) is 5.91 Å². The van der Waals surface area contributed by atoms with Crippen molar-refractivity contribution in [1.29, 1.82) is 0 Å². The predicted molar refractivity (Wildman–Crippen MR) is 117 cm³/mol. The largest absolute Gasteiger partial charge is 0.472 e. The second kappa shape index (κ2) is 9.96. The van der Waals surface area contributed by atoms with E-state index in [0.717, 1.165) is 25.7 Å². The second-order valence-electron chi connectivity index (χ2n) is 8.44. The number of pyridine rings is 1. The number of amides is 3. The van der Waals surface area contributed by atoms with Gasteiger partial charge in [0, 0.05) is 36.2 Å². The lowest BCUT2D eigenvalue weighted by molar-refractivity contribution is 0.0351. The summed E-state index contributed by atoms with van der Waals surface area (Å²) in [4.78, 5) is 33.4. The van der Waals surface area contributed by atoms with Crippen LogP contribution in [0.15, 0.2) is 16.7 Å². The zero-order valence-electron chi connectivity index (χ0n) is 17.8. The molecule has 9 heteroatoms. The molecule has 166 valence electrons. The van der Waals surface area contributed by atoms with Gasteiger partial charge in [0.2, 0.25) is 5.88 Å². The maximum absolute atomic E-state index is 13.1. The number of ether oxygens (including phenoxy) is 1. The Morgan fingerprint density at radius 2 is 2.17 bits per heavy atom. The highest BCUT2D eigenvalue weighted by atomic mass is 79.9. The summed E-state index contributed by atoms with van der Waals surface area (Å²) >= 11 is 3.37. The van der Waals surface area contributed by atoms with Crippen LogP contribution in [0, 0.1) is 5.92 Å². The molecule has 0 unspecified atom stereocenters. The number of hydrogen-bond acceptors (Lipinski definition) is 5. The Balaban J connectivity index is 1.80. The number of rotatable bonds is 5. The first-order valence-electron chi connectivity index (χ1n) is 10.6. The van der Waals surface area contributed by atoms with E-state index in [1.165, 1.54) is 0 Å². The Hall–Kier alpha value is -1.87. The summed E-state index contributed by atoms with van der Waals surface area (Å²) in [5.74, 6) is -0.0410. The van der Waals surface area contributed by atoms with Crippen molar-refractivity contribution in [2.24, 2.45) is 5.92 Å². The van der Waals surface area contributed by atoms with Gasteiger partial charge in [-0.15, -0.1) is 0 Å². The Morgan fingerprint density at radius 3 is 2.83 bits per heavy atom. The van der Waals surface area contributed by atoms with E-state index in [1.807, 2.05) is 13.8 Å². The number of likely N-dealkylation sites (N-methyl/N-ethyl adjacent to an activating group) is 1. The molecular formula is C21H31BrN4O4. The van der Waals surface area contributed by atoms with Crippen LogP contribution in [0.1, 0.15) is 49.9 Å². The maximum Gasteiger partial charge on any atom is 0.317 e. The molecule has 0 bridgehead atoms. The molecule has 0 spiro atoms. The van der Waals surface area contributed by atoms with Gasteiger partial charge in [0.05, 0.1) is 19.2 Å². The smallest absolute Gasteiger partial charge is 0.317 e. The van der Waals surface area contributed by atoms with Crippen molar-refractivity contribution in [3.63, 3.8) is 0 Å². The number of nitrogens with one attached hydrogen (secondary N) is 1. The third kappa shape index (κ3) is 5.24. The molecule has 3 rings (SSSR count). The minimum absolute atomic E-state index is 0.0664. The van der Waals surface area contributed by atoms with Gasteiger partial charge in [0.15, 0.2) is 0 Å². The second-order valence-corrected chi connectivity index (χ2v) is 9.36. The lowest BCUT2D eigenvalue weighted by Crippen LogP contribution is -2.52. The van der Waals surface area contributed by atoms with Gasteiger partial charge in [0.1, 0.15) is 11.7 Å². The summed E-state index contributed by atoms with van der Waals surface area (Å²) in [6.45, 7) is 4.45. The third-order valence-corrected chi connectivity index (χ3v) is 6.40. The number of aliphatic hydroxyl groups is 1. The highest BCUT2D eigenvalue weighted by Crippen LogP contribution is 2.28. The monoisotopic (exact) mass is 482 g/mol. The Labute approximate surface area is 186 Å². The Bertz CT molecular complexity index is 771. The number of hydrogen-bond donors (Lipinski definition) is 2. The zero-order valence-corrected chi connectivity index (χ0v) is 19.4. The van der Waals surface area contributed by atoms with Crippen LogP contribution in [0.25, 0.3) is 0 Å². The van der Waals surface area contributed by atoms with Gasteiger partial charge in [-0.2, -0.15) is 0 Å². The first-order chi connectivity index (χ1) is 14.3. The van der Waals surface area contributed by atoms with Gasteiger partial charge in [-0.3, -0.25) is 4.79 Å². The van der Waals surface area contributed by atoms with E-state index >= 15 is 0 Å². The quantitative estimate of drug-likeness (QED) is 0.672. The molecule has 0 aromatic carbocycles.